The van der Waals surface area contributed by atoms with Gasteiger partial charge in [-0.25, -0.2) is 0 Å². The summed E-state index contributed by atoms with van der Waals surface area (Å²) in [5.74, 6) is 4.96. The van der Waals surface area contributed by atoms with E-state index in [0.29, 0.717) is 0 Å². The molecule has 1 aliphatic rings. The van der Waals surface area contributed by atoms with Gasteiger partial charge in [-0.15, -0.1) is 23.5 Å². The van der Waals surface area contributed by atoms with Crippen LogP contribution in [-0.4, -0.2) is 23.3 Å². The maximum Gasteiger partial charge on any atom is 0.0424 e. The molecule has 1 nitrogen and oxygen atoms in total. The monoisotopic (exact) mass is 149 g/mol. The summed E-state index contributed by atoms with van der Waals surface area (Å²) in [6.07, 6.45) is 1.39. The van der Waals surface area contributed by atoms with Crippen molar-refractivity contribution in [3.8, 4) is 0 Å². The van der Waals surface area contributed by atoms with E-state index in [4.69, 9.17) is 0 Å². The van der Waals surface area contributed by atoms with Crippen LogP contribution in [0, 0.1) is 0 Å². The van der Waals surface area contributed by atoms with Gasteiger partial charge in [-0.05, 0) is 17.9 Å². The van der Waals surface area contributed by atoms with E-state index in [9.17, 15) is 0 Å². The predicted octanol–water partition coefficient (Wildman–Crippen LogP) is 1.36. The van der Waals surface area contributed by atoms with Gasteiger partial charge in [0.15, 0.2) is 0 Å². The Kier molecular flexibility index (Phi) is 3.84. The highest BCUT2D eigenvalue weighted by Gasteiger charge is 1.94. The molecular formula is C5H11NS2. The molecule has 1 fully saturated rings. The number of hydrogen-bond acceptors (Lipinski definition) is 3. The Morgan fingerprint density at radius 2 is 1.62 bits per heavy atom. The number of rotatable bonds is 0. The van der Waals surface area contributed by atoms with Crippen molar-refractivity contribution in [1.82, 2.24) is 5.32 Å². The van der Waals surface area contributed by atoms with Crippen molar-refractivity contribution < 1.29 is 0 Å². The molecule has 0 aliphatic carbocycles. The van der Waals surface area contributed by atoms with Crippen molar-refractivity contribution >= 4 is 23.5 Å². The van der Waals surface area contributed by atoms with Crippen LogP contribution in [0.15, 0.2) is 0 Å². The smallest absolute Gasteiger partial charge is 0.0424 e. The lowest BCUT2D eigenvalue weighted by atomic mass is 10.6. The van der Waals surface area contributed by atoms with Crippen molar-refractivity contribution in [2.24, 2.45) is 0 Å². The molecule has 1 rings (SSSR count). The molecule has 0 aromatic carbocycles. The van der Waals surface area contributed by atoms with E-state index in [1.807, 2.05) is 23.5 Å². The Hall–Kier alpha value is 0.660. The summed E-state index contributed by atoms with van der Waals surface area (Å²) in [6, 6.07) is 0. The van der Waals surface area contributed by atoms with Crippen molar-refractivity contribution in [2.75, 3.05) is 23.3 Å². The highest BCUT2D eigenvalue weighted by molar-refractivity contribution is 8.00. The largest absolute Gasteiger partial charge is 0.299 e. The zero-order valence-electron chi connectivity index (χ0n) is 4.85. The van der Waals surface area contributed by atoms with Gasteiger partial charge in [-0.3, -0.25) is 5.32 Å². The molecule has 0 saturated carbocycles. The molecule has 1 aliphatic heterocycles. The lowest BCUT2D eigenvalue weighted by Crippen LogP contribution is -2.14. The molecule has 3 heteroatoms. The molecule has 8 heavy (non-hydrogen) atoms. The molecule has 0 atom stereocenters. The SMILES string of the molecule is C1CSCNCSC1. The Bertz CT molecular complexity index is 34.4. The molecule has 1 saturated heterocycles. The molecule has 0 spiro atoms. The Labute approximate surface area is 59.0 Å². The second-order valence-electron chi connectivity index (χ2n) is 1.71. The fourth-order valence-corrected chi connectivity index (χ4v) is 2.38. The van der Waals surface area contributed by atoms with E-state index >= 15 is 0 Å². The Morgan fingerprint density at radius 3 is 2.25 bits per heavy atom. The van der Waals surface area contributed by atoms with E-state index in [1.165, 1.54) is 17.9 Å². The third-order valence-corrected chi connectivity index (χ3v) is 2.96. The highest BCUT2D eigenvalue weighted by atomic mass is 32.2. The van der Waals surface area contributed by atoms with Crippen LogP contribution in [0.2, 0.25) is 0 Å². The zero-order chi connectivity index (χ0) is 5.66. The topological polar surface area (TPSA) is 12.0 Å². The van der Waals surface area contributed by atoms with E-state index < -0.39 is 0 Å². The van der Waals surface area contributed by atoms with E-state index in [1.54, 1.807) is 0 Å². The van der Waals surface area contributed by atoms with Crippen molar-refractivity contribution in [1.29, 1.82) is 0 Å². The van der Waals surface area contributed by atoms with Gasteiger partial charge in [0.2, 0.25) is 0 Å². The summed E-state index contributed by atoms with van der Waals surface area (Å²) in [4.78, 5) is 0. The van der Waals surface area contributed by atoms with Crippen LogP contribution in [0.25, 0.3) is 0 Å². The van der Waals surface area contributed by atoms with Crippen LogP contribution in [0.5, 0.6) is 0 Å². The molecule has 0 aromatic rings. The Morgan fingerprint density at radius 1 is 1.00 bits per heavy atom. The first-order valence-electron chi connectivity index (χ1n) is 2.86. The standard InChI is InChI=1S/C5H11NS2/c1-2-7-4-6-5-8-3-1/h6H,1-5H2. The average molecular weight is 149 g/mol. The normalized spacial score (nSPS) is 24.0. The van der Waals surface area contributed by atoms with Gasteiger partial charge in [0.1, 0.15) is 0 Å². The Balaban J connectivity index is 2.00. The fraction of sp³-hybridized carbons (Fsp3) is 1.00. The number of thioether (sulfide) groups is 2. The summed E-state index contributed by atoms with van der Waals surface area (Å²) in [5, 5.41) is 3.31. The van der Waals surface area contributed by atoms with Crippen LogP contribution in [0.3, 0.4) is 0 Å². The second-order valence-corrected chi connectivity index (χ2v) is 3.92. The minimum absolute atomic E-state index is 1.15. The van der Waals surface area contributed by atoms with Gasteiger partial charge < -0.3 is 0 Å². The minimum atomic E-state index is 1.15. The van der Waals surface area contributed by atoms with Gasteiger partial charge in [0.25, 0.3) is 0 Å². The van der Waals surface area contributed by atoms with Crippen LogP contribution in [0.4, 0.5) is 0 Å². The summed E-state index contributed by atoms with van der Waals surface area (Å²) in [6.45, 7) is 0. The molecule has 0 aromatic heterocycles. The third-order valence-electron chi connectivity index (χ3n) is 0.986. The first kappa shape index (κ1) is 6.78. The highest BCUT2D eigenvalue weighted by Crippen LogP contribution is 2.09. The van der Waals surface area contributed by atoms with Gasteiger partial charge in [-0.1, -0.05) is 0 Å². The molecular weight excluding hydrogens is 138 g/mol. The van der Waals surface area contributed by atoms with Crippen LogP contribution < -0.4 is 5.32 Å². The van der Waals surface area contributed by atoms with Crippen molar-refractivity contribution in [3.63, 3.8) is 0 Å². The van der Waals surface area contributed by atoms with Gasteiger partial charge in [0.05, 0.1) is 0 Å². The number of nitrogens with one attached hydrogen (secondary N) is 1. The van der Waals surface area contributed by atoms with Crippen LogP contribution >= 0.6 is 23.5 Å². The van der Waals surface area contributed by atoms with Gasteiger partial charge in [0, 0.05) is 11.8 Å². The summed E-state index contributed by atoms with van der Waals surface area (Å²) in [7, 11) is 0. The zero-order valence-corrected chi connectivity index (χ0v) is 6.49. The van der Waals surface area contributed by atoms with E-state index in [0.717, 1.165) is 11.8 Å². The maximum atomic E-state index is 3.31. The molecule has 0 bridgehead atoms. The van der Waals surface area contributed by atoms with Gasteiger partial charge in [-0.2, -0.15) is 0 Å². The third kappa shape index (κ3) is 2.84. The summed E-state index contributed by atoms with van der Waals surface area (Å²) >= 11 is 4.01. The fourth-order valence-electron chi connectivity index (χ4n) is 0.593. The molecule has 48 valence electrons. The van der Waals surface area contributed by atoms with Crippen LogP contribution in [-0.2, 0) is 0 Å². The second kappa shape index (κ2) is 4.53. The van der Waals surface area contributed by atoms with E-state index in [2.05, 4.69) is 5.32 Å². The molecule has 0 unspecified atom stereocenters. The molecule has 1 heterocycles. The van der Waals surface area contributed by atoms with E-state index in [-0.39, 0.29) is 0 Å². The number of hydrogen-bond donors (Lipinski definition) is 1. The maximum absolute atomic E-state index is 3.31. The molecule has 0 radical (unpaired) electrons. The molecule has 0 amide bonds. The first-order valence-corrected chi connectivity index (χ1v) is 5.17. The average Bonchev–Trinajstić information content (AvgIpc) is 1.62. The minimum Gasteiger partial charge on any atom is -0.299 e. The van der Waals surface area contributed by atoms with Gasteiger partial charge >= 0.3 is 0 Å². The van der Waals surface area contributed by atoms with Crippen LogP contribution in [0.1, 0.15) is 6.42 Å². The lowest BCUT2D eigenvalue weighted by molar-refractivity contribution is 0.934. The summed E-state index contributed by atoms with van der Waals surface area (Å²) in [5.41, 5.74) is 0. The first-order chi connectivity index (χ1) is 4.00. The quantitative estimate of drug-likeness (QED) is 0.558. The summed E-state index contributed by atoms with van der Waals surface area (Å²) < 4.78 is 0. The molecule has 1 N–H and O–H groups in total. The van der Waals surface area contributed by atoms with Crippen molar-refractivity contribution in [3.05, 3.63) is 0 Å². The predicted molar refractivity (Wildman–Crippen MR) is 42.4 cm³/mol. The lowest BCUT2D eigenvalue weighted by Gasteiger charge is -2.07. The van der Waals surface area contributed by atoms with Crippen molar-refractivity contribution in [2.45, 2.75) is 6.42 Å².